The highest BCUT2D eigenvalue weighted by molar-refractivity contribution is 5.79. The molecule has 0 unspecified atom stereocenters. The fourth-order valence-corrected chi connectivity index (χ4v) is 3.77. The van der Waals surface area contributed by atoms with E-state index < -0.39 is 0 Å². The molecule has 0 aliphatic carbocycles. The number of para-hydroxylation sites is 1. The van der Waals surface area contributed by atoms with Crippen molar-refractivity contribution in [1.29, 1.82) is 0 Å². The van der Waals surface area contributed by atoms with Crippen molar-refractivity contribution in [1.82, 2.24) is 20.0 Å². The Bertz CT molecular complexity index is 793. The van der Waals surface area contributed by atoms with Crippen LogP contribution in [0.3, 0.4) is 0 Å². The molecule has 1 heterocycles. The summed E-state index contributed by atoms with van der Waals surface area (Å²) < 4.78 is 5.79. The molecule has 2 aromatic carbocycles. The molecule has 0 atom stereocenters. The van der Waals surface area contributed by atoms with Gasteiger partial charge in [0.2, 0.25) is 0 Å². The van der Waals surface area contributed by atoms with Crippen molar-refractivity contribution in [2.75, 3.05) is 60.5 Å². The Kier molecular flexibility index (Phi) is 9.18. The number of hydrogen-bond acceptors (Lipinski definition) is 4. The molecule has 0 saturated carbocycles. The van der Waals surface area contributed by atoms with E-state index in [2.05, 4.69) is 56.3 Å². The lowest BCUT2D eigenvalue weighted by molar-refractivity contribution is 0.269. The van der Waals surface area contributed by atoms with E-state index in [1.807, 2.05) is 44.4 Å². The molecule has 0 radical (unpaired) electrons. The maximum Gasteiger partial charge on any atom is 0.193 e. The highest BCUT2D eigenvalue weighted by Gasteiger charge is 2.12. The molecule has 1 aliphatic rings. The first-order valence-corrected chi connectivity index (χ1v) is 11.2. The third-order valence-corrected chi connectivity index (χ3v) is 5.70. The quantitative estimate of drug-likeness (QED) is 0.522. The van der Waals surface area contributed by atoms with Crippen LogP contribution in [-0.2, 0) is 13.1 Å². The van der Waals surface area contributed by atoms with Gasteiger partial charge in [0.05, 0.1) is 6.54 Å². The van der Waals surface area contributed by atoms with Crippen LogP contribution in [0.2, 0.25) is 0 Å². The van der Waals surface area contributed by atoms with E-state index in [1.165, 1.54) is 30.6 Å². The first-order chi connectivity index (χ1) is 15.1. The summed E-state index contributed by atoms with van der Waals surface area (Å²) in [4.78, 5) is 11.5. The van der Waals surface area contributed by atoms with Crippen molar-refractivity contribution in [2.24, 2.45) is 4.99 Å². The van der Waals surface area contributed by atoms with Crippen LogP contribution >= 0.6 is 0 Å². The normalized spacial score (nSPS) is 16.0. The highest BCUT2D eigenvalue weighted by atomic mass is 16.5. The van der Waals surface area contributed by atoms with E-state index >= 15 is 0 Å². The molecular weight excluding hydrogens is 386 g/mol. The van der Waals surface area contributed by atoms with E-state index in [9.17, 15) is 0 Å². The van der Waals surface area contributed by atoms with Crippen LogP contribution in [0.4, 0.5) is 0 Å². The van der Waals surface area contributed by atoms with Crippen LogP contribution < -0.4 is 10.1 Å². The molecule has 6 heteroatoms. The smallest absolute Gasteiger partial charge is 0.193 e. The van der Waals surface area contributed by atoms with Crippen molar-refractivity contribution in [3.8, 4) is 5.75 Å². The minimum Gasteiger partial charge on any atom is -0.492 e. The predicted octanol–water partition coefficient (Wildman–Crippen LogP) is 2.91. The highest BCUT2D eigenvalue weighted by Crippen LogP contribution is 2.11. The number of ether oxygens (including phenoxy) is 1. The van der Waals surface area contributed by atoms with Crippen LogP contribution in [0.5, 0.6) is 5.75 Å². The molecule has 6 nitrogen and oxygen atoms in total. The Hall–Kier alpha value is -2.57. The van der Waals surface area contributed by atoms with Crippen LogP contribution in [0.15, 0.2) is 59.6 Å². The van der Waals surface area contributed by atoms with E-state index in [1.54, 1.807) is 0 Å². The minimum atomic E-state index is 0.613. The molecule has 0 amide bonds. The molecule has 1 aliphatic heterocycles. The van der Waals surface area contributed by atoms with Crippen molar-refractivity contribution in [3.05, 3.63) is 65.7 Å². The number of benzene rings is 2. The zero-order valence-electron chi connectivity index (χ0n) is 19.3. The van der Waals surface area contributed by atoms with Crippen molar-refractivity contribution in [2.45, 2.75) is 19.5 Å². The third-order valence-electron chi connectivity index (χ3n) is 5.70. The van der Waals surface area contributed by atoms with E-state index in [0.717, 1.165) is 44.4 Å². The van der Waals surface area contributed by atoms with Crippen molar-refractivity contribution in [3.63, 3.8) is 0 Å². The van der Waals surface area contributed by atoms with Crippen molar-refractivity contribution >= 4 is 5.96 Å². The maximum atomic E-state index is 5.79. The lowest BCUT2D eigenvalue weighted by Gasteiger charge is -2.22. The van der Waals surface area contributed by atoms with Gasteiger partial charge in [0.1, 0.15) is 12.4 Å². The second kappa shape index (κ2) is 12.3. The Morgan fingerprint density at radius 1 is 1.00 bits per heavy atom. The van der Waals surface area contributed by atoms with Gasteiger partial charge in [-0.3, -0.25) is 9.89 Å². The number of aliphatic imine (C=N–C) groups is 1. The zero-order chi connectivity index (χ0) is 21.9. The molecule has 1 N–H and O–H groups in total. The SMILES string of the molecule is CN=C(NCc1ccc(CN2CCCN(C)CC2)cc1)N(C)CCOc1ccccc1. The minimum absolute atomic E-state index is 0.613. The number of nitrogens with zero attached hydrogens (tertiary/aromatic N) is 4. The van der Waals surface area contributed by atoms with E-state index in [0.29, 0.717) is 6.61 Å². The largest absolute Gasteiger partial charge is 0.492 e. The Balaban J connectivity index is 1.41. The van der Waals surface area contributed by atoms with Crippen LogP contribution in [0.25, 0.3) is 0 Å². The summed E-state index contributed by atoms with van der Waals surface area (Å²) in [5, 5.41) is 3.45. The van der Waals surface area contributed by atoms with Crippen LogP contribution in [-0.4, -0.2) is 81.1 Å². The molecule has 1 fully saturated rings. The molecule has 2 aromatic rings. The third kappa shape index (κ3) is 7.89. The summed E-state index contributed by atoms with van der Waals surface area (Å²) in [6, 6.07) is 18.9. The summed E-state index contributed by atoms with van der Waals surface area (Å²) in [6.45, 7) is 7.86. The second-order valence-corrected chi connectivity index (χ2v) is 8.23. The van der Waals surface area contributed by atoms with Gasteiger partial charge in [0.25, 0.3) is 0 Å². The molecule has 0 bridgehead atoms. The van der Waals surface area contributed by atoms with Crippen molar-refractivity contribution < 1.29 is 4.74 Å². The summed E-state index contributed by atoms with van der Waals surface area (Å²) in [5.41, 5.74) is 2.64. The van der Waals surface area contributed by atoms with Gasteiger partial charge in [0, 0.05) is 40.3 Å². The molecular formula is C25H37N5O. The van der Waals surface area contributed by atoms with Crippen LogP contribution in [0, 0.1) is 0 Å². The van der Waals surface area contributed by atoms with Gasteiger partial charge in [-0.2, -0.15) is 0 Å². The maximum absolute atomic E-state index is 5.79. The zero-order valence-corrected chi connectivity index (χ0v) is 19.3. The average molecular weight is 424 g/mol. The lowest BCUT2D eigenvalue weighted by atomic mass is 10.1. The molecule has 168 valence electrons. The number of guanidine groups is 1. The van der Waals surface area contributed by atoms with E-state index in [4.69, 9.17) is 4.74 Å². The summed E-state index contributed by atoms with van der Waals surface area (Å²) in [5.74, 6) is 1.76. The monoisotopic (exact) mass is 423 g/mol. The standard InChI is InChI=1S/C25H37N5O/c1-26-25(29(3)18-19-31-24-8-5-4-6-9-24)27-20-22-10-12-23(13-11-22)21-30-15-7-14-28(2)16-17-30/h4-6,8-13H,7,14-21H2,1-3H3,(H,26,27). The number of likely N-dealkylation sites (N-methyl/N-ethyl adjacent to an activating group) is 2. The van der Waals surface area contributed by atoms with Crippen LogP contribution in [0.1, 0.15) is 17.5 Å². The van der Waals surface area contributed by atoms with Gasteiger partial charge >= 0.3 is 0 Å². The summed E-state index contributed by atoms with van der Waals surface area (Å²) >= 11 is 0. The van der Waals surface area contributed by atoms with Gasteiger partial charge in [-0.1, -0.05) is 42.5 Å². The summed E-state index contributed by atoms with van der Waals surface area (Å²) in [6.07, 6.45) is 1.25. The topological polar surface area (TPSA) is 43.3 Å². The Labute approximate surface area is 187 Å². The van der Waals surface area contributed by atoms with Gasteiger partial charge in [-0.15, -0.1) is 0 Å². The first kappa shape index (κ1) is 23.1. The molecule has 0 spiro atoms. The Morgan fingerprint density at radius 3 is 2.48 bits per heavy atom. The second-order valence-electron chi connectivity index (χ2n) is 8.23. The van der Waals surface area contributed by atoms with Gasteiger partial charge in [0.15, 0.2) is 5.96 Å². The summed E-state index contributed by atoms with van der Waals surface area (Å²) in [7, 11) is 6.07. The number of nitrogens with one attached hydrogen (secondary N) is 1. The Morgan fingerprint density at radius 2 is 1.74 bits per heavy atom. The molecule has 31 heavy (non-hydrogen) atoms. The van der Waals surface area contributed by atoms with Gasteiger partial charge in [-0.25, -0.2) is 0 Å². The molecule has 3 rings (SSSR count). The van der Waals surface area contributed by atoms with Gasteiger partial charge in [-0.05, 0) is 49.8 Å². The van der Waals surface area contributed by atoms with E-state index in [-0.39, 0.29) is 0 Å². The lowest BCUT2D eigenvalue weighted by Crippen LogP contribution is -2.40. The van der Waals surface area contributed by atoms with Gasteiger partial charge < -0.3 is 19.9 Å². The fraction of sp³-hybridized carbons (Fsp3) is 0.480. The average Bonchev–Trinajstić information content (AvgIpc) is 3.00. The first-order valence-electron chi connectivity index (χ1n) is 11.2. The predicted molar refractivity (Wildman–Crippen MR) is 129 cm³/mol. The number of hydrogen-bond donors (Lipinski definition) is 1. The molecule has 0 aromatic heterocycles. The number of rotatable bonds is 8. The fourth-order valence-electron chi connectivity index (χ4n) is 3.77. The molecule has 1 saturated heterocycles.